The van der Waals surface area contributed by atoms with Crippen LogP contribution in [0, 0.1) is 0 Å². The second-order valence-corrected chi connectivity index (χ2v) is 13.1. The zero-order valence-electron chi connectivity index (χ0n) is 21.6. The van der Waals surface area contributed by atoms with Gasteiger partial charge in [-0.1, -0.05) is 11.8 Å². The Morgan fingerprint density at radius 1 is 1.12 bits per heavy atom. The Labute approximate surface area is 235 Å². The van der Waals surface area contributed by atoms with Crippen molar-refractivity contribution in [3.63, 3.8) is 0 Å². The molecule has 4 amide bonds. The highest BCUT2D eigenvalue weighted by molar-refractivity contribution is 8.15. The second-order valence-electron chi connectivity index (χ2n) is 9.71. The third-order valence-corrected chi connectivity index (χ3v) is 10.1. The monoisotopic (exact) mass is 588 g/mol. The number of amides is 4. The number of likely N-dealkylation sites (tertiary alicyclic amines) is 1. The number of allylic oxidation sites excluding steroid dienone is 1. The van der Waals surface area contributed by atoms with E-state index in [0.29, 0.717) is 22.9 Å². The molecule has 14 heteroatoms. The minimum atomic E-state index is -4.11. The van der Waals surface area contributed by atoms with Gasteiger partial charge in [-0.2, -0.15) is 4.39 Å². The number of nitrogens with zero attached hydrogens (tertiary/aromatic N) is 3. The van der Waals surface area contributed by atoms with Crippen molar-refractivity contribution in [2.24, 2.45) is 0 Å². The van der Waals surface area contributed by atoms with Crippen LogP contribution in [0.1, 0.15) is 41.6 Å². The van der Waals surface area contributed by atoms with E-state index < -0.39 is 37.6 Å². The van der Waals surface area contributed by atoms with E-state index in [2.05, 4.69) is 20.5 Å². The molecule has 1 fully saturated rings. The summed E-state index contributed by atoms with van der Waals surface area (Å²) in [7, 11) is -4.11. The van der Waals surface area contributed by atoms with Crippen LogP contribution in [0.5, 0.6) is 0 Å². The quantitative estimate of drug-likeness (QED) is 0.297. The number of carbonyl (C=O) groups excluding carboxylic acids is 3. The fourth-order valence-electron chi connectivity index (χ4n) is 4.85. The van der Waals surface area contributed by atoms with Crippen LogP contribution in [0.15, 0.2) is 47.8 Å². The number of thioether (sulfide) groups is 1. The number of halogens is 1. The molecule has 5 rings (SSSR count). The number of urea groups is 1. The van der Waals surface area contributed by atoms with E-state index in [-0.39, 0.29) is 24.3 Å². The molecule has 1 aromatic heterocycles. The van der Waals surface area contributed by atoms with Gasteiger partial charge in [0.15, 0.2) is 5.16 Å². The highest BCUT2D eigenvalue weighted by Crippen LogP contribution is 2.35. The van der Waals surface area contributed by atoms with E-state index in [1.807, 2.05) is 16.9 Å². The van der Waals surface area contributed by atoms with E-state index in [1.54, 1.807) is 6.07 Å². The number of benzene rings is 1. The molecular weight excluding hydrogens is 559 g/mol. The Hall–Kier alpha value is -3.49. The highest BCUT2D eigenvalue weighted by atomic mass is 32.3. The summed E-state index contributed by atoms with van der Waals surface area (Å²) in [6, 6.07) is 7.09. The van der Waals surface area contributed by atoms with E-state index in [9.17, 15) is 27.2 Å². The van der Waals surface area contributed by atoms with Gasteiger partial charge >= 0.3 is 6.03 Å². The van der Waals surface area contributed by atoms with Crippen molar-refractivity contribution < 1.29 is 27.2 Å². The third kappa shape index (κ3) is 6.45. The van der Waals surface area contributed by atoms with Crippen LogP contribution in [0.2, 0.25) is 0 Å². The van der Waals surface area contributed by atoms with Crippen molar-refractivity contribution in [1.29, 1.82) is 0 Å². The lowest BCUT2D eigenvalue weighted by molar-refractivity contribution is -0.117. The smallest absolute Gasteiger partial charge is 0.332 e. The molecule has 11 nitrogen and oxygen atoms in total. The Morgan fingerprint density at radius 3 is 2.60 bits per heavy atom. The number of pyridine rings is 1. The Bertz CT molecular complexity index is 1440. The van der Waals surface area contributed by atoms with Gasteiger partial charge in [-0.25, -0.2) is 27.8 Å². The first-order valence-electron chi connectivity index (χ1n) is 13.0. The third-order valence-electron chi connectivity index (χ3n) is 6.84. The summed E-state index contributed by atoms with van der Waals surface area (Å²) >= 11 is 0.520. The molecule has 1 aromatic carbocycles. The number of aromatic nitrogens is 1. The molecule has 0 spiro atoms. The van der Waals surface area contributed by atoms with Crippen molar-refractivity contribution in [3.8, 4) is 0 Å². The molecule has 1 saturated heterocycles. The molecule has 3 N–H and O–H groups in total. The summed E-state index contributed by atoms with van der Waals surface area (Å²) in [5.74, 6) is -0.860. The number of rotatable bonds is 9. The molecule has 212 valence electrons. The maximum Gasteiger partial charge on any atom is 0.332 e. The van der Waals surface area contributed by atoms with Crippen LogP contribution in [-0.4, -0.2) is 66.9 Å². The molecule has 4 heterocycles. The summed E-state index contributed by atoms with van der Waals surface area (Å²) in [5, 5.41) is 5.10. The van der Waals surface area contributed by atoms with Crippen LogP contribution < -0.4 is 20.3 Å². The lowest BCUT2D eigenvalue weighted by Crippen LogP contribution is -2.43. The zero-order valence-corrected chi connectivity index (χ0v) is 23.2. The number of sulfonamides is 1. The number of fused-ring (bicyclic) bond motifs is 1. The van der Waals surface area contributed by atoms with Gasteiger partial charge in [0.2, 0.25) is 15.9 Å². The molecule has 3 aliphatic heterocycles. The maximum atomic E-state index is 13.2. The zero-order chi connectivity index (χ0) is 28.3. The minimum Gasteiger partial charge on any atom is -0.385 e. The fraction of sp³-hybridized carbons (Fsp3) is 0.385. The maximum absolute atomic E-state index is 13.2. The van der Waals surface area contributed by atoms with Gasteiger partial charge in [0.05, 0.1) is 18.3 Å². The van der Waals surface area contributed by atoms with Gasteiger partial charge < -0.3 is 15.5 Å². The summed E-state index contributed by atoms with van der Waals surface area (Å²) in [5.41, 5.74) is 2.04. The van der Waals surface area contributed by atoms with Gasteiger partial charge in [-0.15, -0.1) is 0 Å². The van der Waals surface area contributed by atoms with Gasteiger partial charge in [0.1, 0.15) is 10.4 Å². The van der Waals surface area contributed by atoms with Crippen molar-refractivity contribution in [1.82, 2.24) is 14.6 Å². The van der Waals surface area contributed by atoms with Crippen LogP contribution in [-0.2, 0) is 21.2 Å². The number of hydrogen-bond donors (Lipinski definition) is 3. The molecule has 1 atom stereocenters. The van der Waals surface area contributed by atoms with E-state index >= 15 is 0 Å². The van der Waals surface area contributed by atoms with Crippen molar-refractivity contribution >= 4 is 56.8 Å². The average Bonchev–Trinajstić information content (AvgIpc) is 3.59. The van der Waals surface area contributed by atoms with Gasteiger partial charge in [-0.3, -0.25) is 9.59 Å². The predicted octanol–water partition coefficient (Wildman–Crippen LogP) is 3.43. The summed E-state index contributed by atoms with van der Waals surface area (Å²) in [4.78, 5) is 45.8. The Kier molecular flexibility index (Phi) is 8.38. The summed E-state index contributed by atoms with van der Waals surface area (Å²) < 4.78 is 38.4. The lowest BCUT2D eigenvalue weighted by Gasteiger charge is -2.26. The minimum absolute atomic E-state index is 0.0287. The number of nitrogens with one attached hydrogen (secondary N) is 3. The van der Waals surface area contributed by atoms with E-state index in [1.165, 1.54) is 31.2 Å². The Morgan fingerprint density at radius 2 is 1.90 bits per heavy atom. The van der Waals surface area contributed by atoms with Crippen LogP contribution >= 0.6 is 11.8 Å². The fourth-order valence-corrected chi connectivity index (χ4v) is 7.21. The topological polar surface area (TPSA) is 141 Å². The molecule has 40 heavy (non-hydrogen) atoms. The molecule has 2 aromatic rings. The number of imide groups is 1. The van der Waals surface area contributed by atoms with E-state index in [0.717, 1.165) is 49.3 Å². The predicted molar refractivity (Wildman–Crippen MR) is 151 cm³/mol. The first-order chi connectivity index (χ1) is 19.2. The molecule has 1 unspecified atom stereocenters. The van der Waals surface area contributed by atoms with Crippen LogP contribution in [0.25, 0.3) is 0 Å². The largest absolute Gasteiger partial charge is 0.385 e. The van der Waals surface area contributed by atoms with Crippen molar-refractivity contribution in [2.45, 2.75) is 36.7 Å². The summed E-state index contributed by atoms with van der Waals surface area (Å²) in [6.07, 6.45) is 5.86. The van der Waals surface area contributed by atoms with Crippen molar-refractivity contribution in [3.05, 3.63) is 58.9 Å². The van der Waals surface area contributed by atoms with Crippen LogP contribution in [0.3, 0.4) is 0 Å². The molecule has 0 aliphatic carbocycles. The van der Waals surface area contributed by atoms with Gasteiger partial charge in [0, 0.05) is 17.8 Å². The summed E-state index contributed by atoms with van der Waals surface area (Å²) in [6.45, 7) is 4.17. The first kappa shape index (κ1) is 28.1. The standard InChI is InChI=1S/C26H29FN6O5S2/c27-21-7-9-24(39-21)40(37,38)31-26(36)30-19-5-8-22(29-16-19)33-23(34)15-17-14-18(4-6-20(17)25(33)35)28-10-3-13-32-11-1-2-12-32/h4-8,14,16,24,28H,1-3,9-13,15H2,(H2,30,31,36). The molecule has 0 radical (unpaired) electrons. The number of carbonyl (C=O) groups is 3. The molecule has 0 bridgehead atoms. The normalized spacial score (nSPS) is 19.4. The molecular formula is C26H29FN6O5S2. The second kappa shape index (κ2) is 11.9. The SMILES string of the molecule is O=C(Nc1ccc(N2C(=O)Cc3cc(NCCCN4CCCC4)ccc3C2=O)nc1)NS(=O)(=O)C1CC=C(F)S1. The number of anilines is 3. The van der Waals surface area contributed by atoms with Crippen molar-refractivity contribution in [2.75, 3.05) is 41.7 Å². The van der Waals surface area contributed by atoms with Crippen LogP contribution in [0.4, 0.5) is 26.4 Å². The molecule has 3 aliphatic rings. The molecule has 0 saturated carbocycles. The first-order valence-corrected chi connectivity index (χ1v) is 15.4. The number of hydrogen-bond acceptors (Lipinski definition) is 9. The van der Waals surface area contributed by atoms with Gasteiger partial charge in [-0.05, 0) is 87.3 Å². The Balaban J connectivity index is 1.17. The lowest BCUT2D eigenvalue weighted by atomic mass is 9.97. The van der Waals surface area contributed by atoms with Gasteiger partial charge in [0.25, 0.3) is 5.91 Å². The highest BCUT2D eigenvalue weighted by Gasteiger charge is 2.34. The average molecular weight is 589 g/mol. The van der Waals surface area contributed by atoms with E-state index in [4.69, 9.17) is 0 Å².